The molecule has 1 atom stereocenters. The molecule has 21 heavy (non-hydrogen) atoms. The summed E-state index contributed by atoms with van der Waals surface area (Å²) in [5, 5.41) is 21.1. The lowest BCUT2D eigenvalue weighted by atomic mass is 9.96. The van der Waals surface area contributed by atoms with Gasteiger partial charge >= 0.3 is 5.97 Å². The number of hydrogen-bond acceptors (Lipinski definition) is 3. The number of phenolic OH excluding ortho intramolecular Hbond substituents is 1. The lowest BCUT2D eigenvalue weighted by Gasteiger charge is -2.14. The first-order chi connectivity index (χ1) is 9.93. The fourth-order valence-electron chi connectivity index (χ4n) is 2.06. The van der Waals surface area contributed by atoms with E-state index in [1.165, 1.54) is 6.07 Å². The average Bonchev–Trinajstić information content (AvgIpc) is 2.44. The topological polar surface area (TPSA) is 86.6 Å². The van der Waals surface area contributed by atoms with Gasteiger partial charge in [0.05, 0.1) is 5.56 Å². The number of nitrogens with one attached hydrogen (secondary N) is 1. The minimum Gasteiger partial charge on any atom is -0.507 e. The molecule has 0 aliphatic carbocycles. The Morgan fingerprint density at radius 3 is 2.67 bits per heavy atom. The molecule has 6 heteroatoms. The molecule has 1 aromatic rings. The van der Waals surface area contributed by atoms with Crippen molar-refractivity contribution in [2.45, 2.75) is 32.6 Å². The van der Waals surface area contributed by atoms with Gasteiger partial charge < -0.3 is 15.5 Å². The number of carboxylic acids is 1. The third-order valence-corrected chi connectivity index (χ3v) is 4.06. The Morgan fingerprint density at radius 1 is 1.33 bits per heavy atom. The Bertz CT molecular complexity index is 504. The molecule has 0 bridgehead atoms. The molecule has 1 aromatic carbocycles. The summed E-state index contributed by atoms with van der Waals surface area (Å²) in [5.41, 5.74) is 0.264. The zero-order valence-electron chi connectivity index (χ0n) is 11.9. The Hall–Kier alpha value is -1.31. The first-order valence-electron chi connectivity index (χ1n) is 6.92. The van der Waals surface area contributed by atoms with E-state index in [9.17, 15) is 14.7 Å². The normalized spacial score (nSPS) is 11.9. The molecule has 0 aliphatic rings. The number of phenols is 1. The highest BCUT2D eigenvalue weighted by molar-refractivity contribution is 14.1. The van der Waals surface area contributed by atoms with Crippen LogP contribution in [0, 0.1) is 9.49 Å². The predicted molar refractivity (Wildman–Crippen MR) is 88.4 cm³/mol. The molecule has 0 saturated heterocycles. The van der Waals surface area contributed by atoms with Crippen molar-refractivity contribution in [1.82, 2.24) is 5.32 Å². The molecule has 0 heterocycles. The fourth-order valence-corrected chi connectivity index (χ4v) is 2.55. The van der Waals surface area contributed by atoms with Crippen LogP contribution >= 0.6 is 22.6 Å². The van der Waals surface area contributed by atoms with Gasteiger partial charge in [-0.25, -0.2) is 0 Å². The zero-order valence-corrected chi connectivity index (χ0v) is 14.1. The first kappa shape index (κ1) is 17.7. The van der Waals surface area contributed by atoms with Gasteiger partial charge in [0.2, 0.25) is 0 Å². The Labute approximate surface area is 137 Å². The third kappa shape index (κ3) is 6.33. The predicted octanol–water partition coefficient (Wildman–Crippen LogP) is 3.01. The molecule has 1 unspecified atom stereocenters. The van der Waals surface area contributed by atoms with E-state index in [0.717, 1.165) is 16.4 Å². The number of rotatable bonds is 8. The number of benzene rings is 1. The molecule has 1 rings (SSSR count). The number of carbonyl (C=O) groups is 2. The van der Waals surface area contributed by atoms with E-state index in [1.54, 1.807) is 12.1 Å². The lowest BCUT2D eigenvalue weighted by Crippen LogP contribution is -2.26. The Morgan fingerprint density at radius 2 is 2.05 bits per heavy atom. The highest BCUT2D eigenvalue weighted by atomic mass is 127. The minimum atomic E-state index is -0.790. The molecule has 0 saturated carbocycles. The van der Waals surface area contributed by atoms with Crippen molar-refractivity contribution >= 4 is 34.5 Å². The van der Waals surface area contributed by atoms with Crippen molar-refractivity contribution in [3.8, 4) is 5.75 Å². The van der Waals surface area contributed by atoms with Crippen molar-refractivity contribution < 1.29 is 19.8 Å². The number of aliphatic carboxylic acids is 1. The van der Waals surface area contributed by atoms with Gasteiger partial charge in [0.1, 0.15) is 5.75 Å². The van der Waals surface area contributed by atoms with Crippen LogP contribution in [0.3, 0.4) is 0 Å². The van der Waals surface area contributed by atoms with Gasteiger partial charge in [-0.05, 0) is 59.5 Å². The highest BCUT2D eigenvalue weighted by Gasteiger charge is 2.13. The summed E-state index contributed by atoms with van der Waals surface area (Å²) in [7, 11) is 0. The van der Waals surface area contributed by atoms with E-state index in [2.05, 4.69) is 27.9 Å². The van der Waals surface area contributed by atoms with Crippen LogP contribution in [0.5, 0.6) is 5.75 Å². The highest BCUT2D eigenvalue weighted by Crippen LogP contribution is 2.20. The maximum atomic E-state index is 12.0. The van der Waals surface area contributed by atoms with Crippen molar-refractivity contribution in [2.24, 2.45) is 5.92 Å². The molecule has 5 nitrogen and oxygen atoms in total. The quantitative estimate of drug-likeness (QED) is 0.581. The average molecular weight is 405 g/mol. The second kappa shape index (κ2) is 8.86. The second-order valence-corrected chi connectivity index (χ2v) is 6.16. The summed E-state index contributed by atoms with van der Waals surface area (Å²) < 4.78 is 0.878. The monoisotopic (exact) mass is 405 g/mol. The van der Waals surface area contributed by atoms with E-state index < -0.39 is 5.97 Å². The molecular weight excluding hydrogens is 385 g/mol. The third-order valence-electron chi connectivity index (χ3n) is 3.39. The van der Waals surface area contributed by atoms with Gasteiger partial charge in [0.15, 0.2) is 0 Å². The van der Waals surface area contributed by atoms with Gasteiger partial charge in [-0.15, -0.1) is 0 Å². The van der Waals surface area contributed by atoms with Crippen LogP contribution in [0.15, 0.2) is 18.2 Å². The maximum absolute atomic E-state index is 12.0. The van der Waals surface area contributed by atoms with Crippen LogP contribution in [0.4, 0.5) is 0 Å². The number of amides is 1. The number of hydrogen-bond donors (Lipinski definition) is 3. The van der Waals surface area contributed by atoms with Gasteiger partial charge in [0, 0.05) is 16.5 Å². The van der Waals surface area contributed by atoms with Crippen LogP contribution in [0.25, 0.3) is 0 Å². The summed E-state index contributed by atoms with van der Waals surface area (Å²) in [6, 6.07) is 4.86. The van der Waals surface area contributed by atoms with Crippen LogP contribution in [0.2, 0.25) is 0 Å². The van der Waals surface area contributed by atoms with E-state index >= 15 is 0 Å². The van der Waals surface area contributed by atoms with E-state index in [1.807, 2.05) is 6.92 Å². The van der Waals surface area contributed by atoms with Crippen LogP contribution in [-0.4, -0.2) is 28.6 Å². The second-order valence-electron chi connectivity index (χ2n) is 4.91. The number of aromatic hydroxyl groups is 1. The summed E-state index contributed by atoms with van der Waals surface area (Å²) >= 11 is 2.08. The smallest absolute Gasteiger partial charge is 0.303 e. The molecule has 1 amide bonds. The van der Waals surface area contributed by atoms with Gasteiger partial charge in [-0.1, -0.05) is 13.3 Å². The first-order valence-corrected chi connectivity index (χ1v) is 8.00. The Kier molecular flexibility index (Phi) is 7.49. The molecular formula is C15H20INO4. The largest absolute Gasteiger partial charge is 0.507 e. The molecule has 0 aromatic heterocycles. The van der Waals surface area contributed by atoms with Crippen molar-refractivity contribution in [3.63, 3.8) is 0 Å². The van der Waals surface area contributed by atoms with Crippen LogP contribution < -0.4 is 5.32 Å². The van der Waals surface area contributed by atoms with Crippen molar-refractivity contribution in [1.29, 1.82) is 0 Å². The van der Waals surface area contributed by atoms with Crippen molar-refractivity contribution in [3.05, 3.63) is 27.3 Å². The van der Waals surface area contributed by atoms with E-state index in [4.69, 9.17) is 5.11 Å². The standard InChI is InChI=1S/C15H20INO4/c1-2-10(3-6-14(19)20)7-8-17-15(21)12-9-11(16)4-5-13(12)18/h4-5,9-10,18H,2-3,6-8H2,1H3,(H,17,21)(H,19,20). The lowest BCUT2D eigenvalue weighted by molar-refractivity contribution is -0.137. The molecule has 0 spiro atoms. The van der Waals surface area contributed by atoms with Crippen LogP contribution in [0.1, 0.15) is 43.0 Å². The molecule has 116 valence electrons. The molecule has 0 aliphatic heterocycles. The van der Waals surface area contributed by atoms with E-state index in [-0.39, 0.29) is 29.6 Å². The summed E-state index contributed by atoms with van der Waals surface area (Å²) in [4.78, 5) is 22.5. The SMILES string of the molecule is CCC(CCNC(=O)c1cc(I)ccc1O)CCC(=O)O. The van der Waals surface area contributed by atoms with Gasteiger partial charge in [0.25, 0.3) is 5.91 Å². The Balaban J connectivity index is 2.45. The van der Waals surface area contributed by atoms with Crippen molar-refractivity contribution in [2.75, 3.05) is 6.54 Å². The summed E-state index contributed by atoms with van der Waals surface area (Å²) in [6.07, 6.45) is 2.40. The zero-order chi connectivity index (χ0) is 15.8. The number of halogens is 1. The fraction of sp³-hybridized carbons (Fsp3) is 0.467. The van der Waals surface area contributed by atoms with Gasteiger partial charge in [-0.3, -0.25) is 9.59 Å². The molecule has 0 radical (unpaired) electrons. The summed E-state index contributed by atoms with van der Waals surface area (Å²) in [6.45, 7) is 2.49. The molecule has 3 N–H and O–H groups in total. The number of carboxylic acid groups (broad SMARTS) is 1. The summed E-state index contributed by atoms with van der Waals surface area (Å²) in [5.74, 6) is -0.850. The molecule has 0 fully saturated rings. The number of carbonyl (C=O) groups excluding carboxylic acids is 1. The van der Waals surface area contributed by atoms with Crippen LogP contribution in [-0.2, 0) is 4.79 Å². The van der Waals surface area contributed by atoms with Gasteiger partial charge in [-0.2, -0.15) is 0 Å². The maximum Gasteiger partial charge on any atom is 0.303 e. The minimum absolute atomic E-state index is 0.0363. The van der Waals surface area contributed by atoms with E-state index in [0.29, 0.717) is 13.0 Å².